The van der Waals surface area contributed by atoms with E-state index in [1.54, 1.807) is 0 Å². The normalized spacial score (nSPS) is 11.1. The fourth-order valence-electron chi connectivity index (χ4n) is 2.86. The van der Waals surface area contributed by atoms with Crippen molar-refractivity contribution in [3.63, 3.8) is 0 Å². The number of rotatable bonds is 13. The van der Waals surface area contributed by atoms with Crippen LogP contribution in [0.15, 0.2) is 28.8 Å². The van der Waals surface area contributed by atoms with Gasteiger partial charge in [-0.05, 0) is 24.9 Å². The molecule has 4 nitrogen and oxygen atoms in total. The first kappa shape index (κ1) is 19.6. The van der Waals surface area contributed by atoms with Gasteiger partial charge in [0.15, 0.2) is 0 Å². The zero-order valence-electron chi connectivity index (χ0n) is 15.9. The van der Waals surface area contributed by atoms with Crippen molar-refractivity contribution < 1.29 is 4.52 Å². The Bertz CT molecular complexity index is 577. The highest BCUT2D eigenvalue weighted by Crippen LogP contribution is 2.17. The van der Waals surface area contributed by atoms with E-state index in [1.807, 2.05) is 0 Å². The molecular weight excluding hydrogens is 310 g/mol. The molecule has 1 N–H and O–H groups in total. The van der Waals surface area contributed by atoms with E-state index in [9.17, 15) is 0 Å². The third-order valence-corrected chi connectivity index (χ3v) is 4.46. The van der Waals surface area contributed by atoms with Crippen LogP contribution in [0.1, 0.15) is 76.7 Å². The van der Waals surface area contributed by atoms with Gasteiger partial charge >= 0.3 is 0 Å². The lowest BCUT2D eigenvalue weighted by Gasteiger charge is -2.04. The van der Waals surface area contributed by atoms with Crippen LogP contribution in [0.4, 0.5) is 0 Å². The van der Waals surface area contributed by atoms with E-state index in [4.69, 9.17) is 4.52 Å². The highest BCUT2D eigenvalue weighted by Gasteiger charge is 2.08. The lowest BCUT2D eigenvalue weighted by molar-refractivity contribution is 0.374. The number of nitrogens with zero attached hydrogens (tertiary/aromatic N) is 2. The summed E-state index contributed by atoms with van der Waals surface area (Å²) in [6, 6.07) is 8.45. The Balaban J connectivity index is 1.75. The van der Waals surface area contributed by atoms with Crippen molar-refractivity contribution in [2.45, 2.75) is 78.2 Å². The fraction of sp³-hybridized carbons (Fsp3) is 0.619. The van der Waals surface area contributed by atoms with Crippen LogP contribution in [0.2, 0.25) is 0 Å². The Kier molecular flexibility index (Phi) is 9.27. The van der Waals surface area contributed by atoms with Gasteiger partial charge in [0.1, 0.15) is 0 Å². The molecule has 138 valence electrons. The number of hydrogen-bond acceptors (Lipinski definition) is 4. The predicted molar refractivity (Wildman–Crippen MR) is 103 cm³/mol. The smallest absolute Gasteiger partial charge is 0.226 e. The molecule has 4 heteroatoms. The molecule has 0 atom stereocenters. The average molecular weight is 344 g/mol. The summed E-state index contributed by atoms with van der Waals surface area (Å²) < 4.78 is 5.38. The van der Waals surface area contributed by atoms with Crippen LogP contribution in [0.3, 0.4) is 0 Å². The summed E-state index contributed by atoms with van der Waals surface area (Å²) >= 11 is 0. The molecule has 0 bridgehead atoms. The topological polar surface area (TPSA) is 51.0 Å². The van der Waals surface area contributed by atoms with Gasteiger partial charge in [-0.1, -0.05) is 81.8 Å². The van der Waals surface area contributed by atoms with Crippen molar-refractivity contribution in [3.05, 3.63) is 35.7 Å². The first-order valence-corrected chi connectivity index (χ1v) is 9.96. The highest BCUT2D eigenvalue weighted by atomic mass is 16.5. The maximum Gasteiger partial charge on any atom is 0.226 e. The molecule has 0 saturated carbocycles. The number of hydrogen-bond donors (Lipinski definition) is 1. The van der Waals surface area contributed by atoms with Gasteiger partial charge in [0, 0.05) is 18.5 Å². The standard InChI is InChI=1S/C21H33N3O/c1-3-5-7-8-9-11-20-23-21(24-25-20)19-14-12-18(13-15-19)17-22-16-10-6-4-2/h12-15,22H,3-11,16-17H2,1-2H3. The third kappa shape index (κ3) is 7.39. The lowest BCUT2D eigenvalue weighted by Crippen LogP contribution is -2.14. The van der Waals surface area contributed by atoms with Crippen molar-refractivity contribution >= 4 is 0 Å². The van der Waals surface area contributed by atoms with E-state index >= 15 is 0 Å². The molecule has 1 heterocycles. The minimum Gasteiger partial charge on any atom is -0.339 e. The quantitative estimate of drug-likeness (QED) is 0.486. The maximum absolute atomic E-state index is 5.38. The zero-order valence-corrected chi connectivity index (χ0v) is 15.9. The predicted octanol–water partition coefficient (Wildman–Crippen LogP) is 5.53. The Morgan fingerprint density at radius 1 is 0.880 bits per heavy atom. The van der Waals surface area contributed by atoms with Crippen LogP contribution in [0.25, 0.3) is 11.4 Å². The Labute approximate surface area is 152 Å². The van der Waals surface area contributed by atoms with Crippen molar-refractivity contribution in [2.24, 2.45) is 0 Å². The summed E-state index contributed by atoms with van der Waals surface area (Å²) in [6.45, 7) is 6.47. The molecule has 1 aromatic heterocycles. The van der Waals surface area contributed by atoms with Crippen LogP contribution in [-0.2, 0) is 13.0 Å². The van der Waals surface area contributed by atoms with Crippen molar-refractivity contribution in [1.29, 1.82) is 0 Å². The molecular formula is C21H33N3O. The molecule has 0 spiro atoms. The first-order valence-electron chi connectivity index (χ1n) is 9.96. The minimum atomic E-state index is 0.700. The van der Waals surface area contributed by atoms with Crippen LogP contribution in [-0.4, -0.2) is 16.7 Å². The van der Waals surface area contributed by atoms with Crippen LogP contribution in [0.5, 0.6) is 0 Å². The fourth-order valence-corrected chi connectivity index (χ4v) is 2.86. The number of aromatic nitrogens is 2. The monoisotopic (exact) mass is 343 g/mol. The van der Waals surface area contributed by atoms with Crippen molar-refractivity contribution in [1.82, 2.24) is 15.5 Å². The summed E-state index contributed by atoms with van der Waals surface area (Å²) in [6.07, 6.45) is 11.0. The van der Waals surface area contributed by atoms with Gasteiger partial charge in [0.25, 0.3) is 0 Å². The molecule has 0 aliphatic carbocycles. The zero-order chi connectivity index (χ0) is 17.7. The molecule has 0 amide bonds. The lowest BCUT2D eigenvalue weighted by atomic mass is 10.1. The van der Waals surface area contributed by atoms with Gasteiger partial charge in [-0.2, -0.15) is 4.98 Å². The molecule has 0 fully saturated rings. The minimum absolute atomic E-state index is 0.700. The van der Waals surface area contributed by atoms with E-state index in [0.717, 1.165) is 37.4 Å². The summed E-state index contributed by atoms with van der Waals surface area (Å²) in [5, 5.41) is 7.61. The third-order valence-electron chi connectivity index (χ3n) is 4.46. The Hall–Kier alpha value is -1.68. The molecule has 2 aromatic rings. The Morgan fingerprint density at radius 3 is 2.36 bits per heavy atom. The van der Waals surface area contributed by atoms with Crippen molar-refractivity contribution in [3.8, 4) is 11.4 Å². The SMILES string of the molecule is CCCCCCCc1nc(-c2ccc(CNCCCCC)cc2)no1. The van der Waals surface area contributed by atoms with E-state index in [0.29, 0.717) is 5.82 Å². The van der Waals surface area contributed by atoms with Gasteiger partial charge in [0.05, 0.1) is 0 Å². The first-order chi connectivity index (χ1) is 12.3. The van der Waals surface area contributed by atoms with Gasteiger partial charge in [-0.15, -0.1) is 0 Å². The molecule has 0 aliphatic rings. The number of aryl methyl sites for hydroxylation is 1. The molecule has 0 aliphatic heterocycles. The average Bonchev–Trinajstić information content (AvgIpc) is 3.11. The summed E-state index contributed by atoms with van der Waals surface area (Å²) in [4.78, 5) is 4.53. The molecule has 25 heavy (non-hydrogen) atoms. The molecule has 2 rings (SSSR count). The van der Waals surface area contributed by atoms with Crippen LogP contribution < -0.4 is 5.32 Å². The maximum atomic E-state index is 5.38. The molecule has 0 saturated heterocycles. The number of unbranched alkanes of at least 4 members (excludes halogenated alkanes) is 6. The highest BCUT2D eigenvalue weighted by molar-refractivity contribution is 5.54. The molecule has 0 radical (unpaired) electrons. The van der Waals surface area contributed by atoms with E-state index < -0.39 is 0 Å². The largest absolute Gasteiger partial charge is 0.339 e. The Morgan fingerprint density at radius 2 is 1.60 bits per heavy atom. The van der Waals surface area contributed by atoms with Gasteiger partial charge in [-0.25, -0.2) is 0 Å². The van der Waals surface area contributed by atoms with E-state index in [2.05, 4.69) is 53.6 Å². The second-order valence-electron chi connectivity index (χ2n) is 6.76. The number of benzene rings is 1. The molecule has 0 unspecified atom stereocenters. The van der Waals surface area contributed by atoms with Gasteiger partial charge in [0.2, 0.25) is 11.7 Å². The van der Waals surface area contributed by atoms with Crippen LogP contribution >= 0.6 is 0 Å². The van der Waals surface area contributed by atoms with Gasteiger partial charge < -0.3 is 9.84 Å². The van der Waals surface area contributed by atoms with Crippen molar-refractivity contribution in [2.75, 3.05) is 6.54 Å². The van der Waals surface area contributed by atoms with E-state index in [-0.39, 0.29) is 0 Å². The van der Waals surface area contributed by atoms with Crippen LogP contribution in [0, 0.1) is 0 Å². The van der Waals surface area contributed by atoms with Gasteiger partial charge in [-0.3, -0.25) is 0 Å². The summed E-state index contributed by atoms with van der Waals surface area (Å²) in [7, 11) is 0. The second-order valence-corrected chi connectivity index (χ2v) is 6.76. The van der Waals surface area contributed by atoms with E-state index in [1.165, 1.54) is 50.5 Å². The number of nitrogens with one attached hydrogen (secondary N) is 1. The second kappa shape index (κ2) is 11.8. The molecule has 1 aromatic carbocycles. The summed E-state index contributed by atoms with van der Waals surface area (Å²) in [5.41, 5.74) is 2.32. The summed E-state index contributed by atoms with van der Waals surface area (Å²) in [5.74, 6) is 1.46.